The summed E-state index contributed by atoms with van der Waals surface area (Å²) in [6, 6.07) is 1.90. The Morgan fingerprint density at radius 1 is 1.22 bits per heavy atom. The number of imidazole rings is 1. The van der Waals surface area contributed by atoms with Crippen LogP contribution in [0.25, 0.3) is 11.5 Å². The smallest absolute Gasteiger partial charge is 0.257 e. The van der Waals surface area contributed by atoms with E-state index < -0.39 is 0 Å². The van der Waals surface area contributed by atoms with E-state index in [9.17, 15) is 4.79 Å². The lowest BCUT2D eigenvalue weighted by molar-refractivity contribution is 0.0605. The summed E-state index contributed by atoms with van der Waals surface area (Å²) in [7, 11) is 3.76. The van der Waals surface area contributed by atoms with Gasteiger partial charge in [-0.15, -0.1) is 0 Å². The molecule has 27 heavy (non-hydrogen) atoms. The molecule has 4 rings (SSSR count). The van der Waals surface area contributed by atoms with Crippen LogP contribution in [0.1, 0.15) is 47.2 Å². The number of aryl methyl sites for hydroxylation is 3. The van der Waals surface area contributed by atoms with Gasteiger partial charge >= 0.3 is 0 Å². The number of carbonyl (C=O) groups excluding carboxylic acids is 1. The Morgan fingerprint density at radius 3 is 2.78 bits per heavy atom. The lowest BCUT2D eigenvalue weighted by atomic mass is 9.97. The minimum Gasteiger partial charge on any atom is -0.333 e. The number of aromatic nitrogens is 6. The largest absolute Gasteiger partial charge is 0.333 e. The molecule has 0 radical (unpaired) electrons. The highest BCUT2D eigenvalue weighted by Crippen LogP contribution is 2.32. The summed E-state index contributed by atoms with van der Waals surface area (Å²) < 4.78 is 3.59. The van der Waals surface area contributed by atoms with Crippen LogP contribution in [0.3, 0.4) is 0 Å². The number of amides is 1. The first-order valence-corrected chi connectivity index (χ1v) is 9.16. The summed E-state index contributed by atoms with van der Waals surface area (Å²) in [4.78, 5) is 28.6. The molecule has 140 valence electrons. The molecular weight excluding hydrogens is 342 g/mol. The normalized spacial score (nSPS) is 17.3. The Kier molecular flexibility index (Phi) is 4.47. The van der Waals surface area contributed by atoms with Gasteiger partial charge in [0.25, 0.3) is 5.91 Å². The molecule has 1 saturated heterocycles. The zero-order valence-corrected chi connectivity index (χ0v) is 15.8. The van der Waals surface area contributed by atoms with Crippen molar-refractivity contribution in [2.24, 2.45) is 14.1 Å². The number of rotatable bonds is 3. The SMILES string of the molecule is Cc1nc(-c2nccn2C)cc([C@@H]2CCCCN2C(=O)c2cnn(C)c2)n1. The summed E-state index contributed by atoms with van der Waals surface area (Å²) >= 11 is 0. The Hall–Kier alpha value is -3.03. The van der Waals surface area contributed by atoms with E-state index in [-0.39, 0.29) is 11.9 Å². The second-order valence-electron chi connectivity index (χ2n) is 7.00. The van der Waals surface area contributed by atoms with Crippen LogP contribution in [-0.2, 0) is 14.1 Å². The van der Waals surface area contributed by atoms with Crippen LogP contribution in [0.15, 0.2) is 30.9 Å². The fourth-order valence-electron chi connectivity index (χ4n) is 3.67. The first kappa shape index (κ1) is 17.4. The van der Waals surface area contributed by atoms with Crippen LogP contribution in [0, 0.1) is 6.92 Å². The summed E-state index contributed by atoms with van der Waals surface area (Å²) in [6.45, 7) is 2.60. The maximum Gasteiger partial charge on any atom is 0.257 e. The van der Waals surface area contributed by atoms with Gasteiger partial charge in [-0.1, -0.05) is 0 Å². The van der Waals surface area contributed by atoms with E-state index in [1.807, 2.05) is 42.7 Å². The molecule has 0 spiro atoms. The molecule has 1 fully saturated rings. The van der Waals surface area contributed by atoms with Gasteiger partial charge in [-0.2, -0.15) is 5.10 Å². The number of hydrogen-bond acceptors (Lipinski definition) is 5. The third-order valence-electron chi connectivity index (χ3n) is 4.96. The number of hydrogen-bond donors (Lipinski definition) is 0. The van der Waals surface area contributed by atoms with Crippen molar-refractivity contribution in [2.45, 2.75) is 32.2 Å². The molecule has 0 unspecified atom stereocenters. The molecule has 1 amide bonds. The molecule has 0 saturated carbocycles. The van der Waals surface area contributed by atoms with E-state index >= 15 is 0 Å². The monoisotopic (exact) mass is 365 g/mol. The van der Waals surface area contributed by atoms with Crippen LogP contribution in [0.4, 0.5) is 0 Å². The van der Waals surface area contributed by atoms with Gasteiger partial charge in [0.05, 0.1) is 23.5 Å². The maximum absolute atomic E-state index is 13.1. The van der Waals surface area contributed by atoms with Gasteiger partial charge in [0, 0.05) is 39.2 Å². The zero-order chi connectivity index (χ0) is 19.0. The fraction of sp³-hybridized carbons (Fsp3) is 0.421. The van der Waals surface area contributed by atoms with Crippen molar-refractivity contribution in [3.8, 4) is 11.5 Å². The van der Waals surface area contributed by atoms with E-state index in [4.69, 9.17) is 0 Å². The number of nitrogens with zero attached hydrogens (tertiary/aromatic N) is 7. The fourth-order valence-corrected chi connectivity index (χ4v) is 3.67. The maximum atomic E-state index is 13.1. The van der Waals surface area contributed by atoms with Crippen molar-refractivity contribution >= 4 is 5.91 Å². The van der Waals surface area contributed by atoms with E-state index in [0.717, 1.165) is 43.0 Å². The summed E-state index contributed by atoms with van der Waals surface area (Å²) in [5.41, 5.74) is 2.27. The second-order valence-corrected chi connectivity index (χ2v) is 7.00. The van der Waals surface area contributed by atoms with Gasteiger partial charge in [0.15, 0.2) is 5.82 Å². The molecule has 0 bridgehead atoms. The molecule has 0 N–H and O–H groups in total. The Morgan fingerprint density at radius 2 is 2.07 bits per heavy atom. The van der Waals surface area contributed by atoms with Gasteiger partial charge < -0.3 is 9.47 Å². The summed E-state index contributed by atoms with van der Waals surface area (Å²) in [5.74, 6) is 1.48. The third-order valence-corrected chi connectivity index (χ3v) is 4.96. The highest BCUT2D eigenvalue weighted by Gasteiger charge is 2.31. The Bertz CT molecular complexity index is 974. The topological polar surface area (TPSA) is 81.7 Å². The molecule has 3 aromatic rings. The van der Waals surface area contributed by atoms with Crippen molar-refractivity contribution in [2.75, 3.05) is 6.54 Å². The highest BCUT2D eigenvalue weighted by atomic mass is 16.2. The molecule has 1 atom stereocenters. The predicted octanol–water partition coefficient (Wildman–Crippen LogP) is 2.29. The number of carbonyl (C=O) groups is 1. The molecular formula is C19H23N7O. The standard InChI is InChI=1S/C19H23N7O/c1-13-22-15(10-16(23-13)18-20-7-9-24(18)2)17-6-4-5-8-26(17)19(27)14-11-21-25(3)12-14/h7,9-12,17H,4-6,8H2,1-3H3/t17-/m0/s1. The van der Waals surface area contributed by atoms with Crippen molar-refractivity contribution in [3.05, 3.63) is 47.9 Å². The molecule has 8 heteroatoms. The van der Waals surface area contributed by atoms with E-state index in [0.29, 0.717) is 11.4 Å². The number of likely N-dealkylation sites (tertiary alicyclic amines) is 1. The van der Waals surface area contributed by atoms with Crippen molar-refractivity contribution in [1.29, 1.82) is 0 Å². The van der Waals surface area contributed by atoms with Gasteiger partial charge in [-0.25, -0.2) is 15.0 Å². The lowest BCUT2D eigenvalue weighted by Crippen LogP contribution is -2.39. The van der Waals surface area contributed by atoms with Gasteiger partial charge in [-0.05, 0) is 32.3 Å². The van der Waals surface area contributed by atoms with Gasteiger partial charge in [-0.3, -0.25) is 9.48 Å². The average Bonchev–Trinajstić information content (AvgIpc) is 3.29. The van der Waals surface area contributed by atoms with Crippen molar-refractivity contribution in [3.63, 3.8) is 0 Å². The summed E-state index contributed by atoms with van der Waals surface area (Å²) in [6.07, 6.45) is 10.00. The Labute approximate surface area is 157 Å². The molecule has 8 nitrogen and oxygen atoms in total. The molecule has 4 heterocycles. The predicted molar refractivity (Wildman–Crippen MR) is 99.8 cm³/mol. The van der Waals surface area contributed by atoms with Crippen LogP contribution < -0.4 is 0 Å². The third kappa shape index (κ3) is 3.34. The van der Waals surface area contributed by atoms with Crippen LogP contribution >= 0.6 is 0 Å². The van der Waals surface area contributed by atoms with E-state index in [1.54, 1.807) is 23.3 Å². The molecule has 0 aromatic carbocycles. The first-order chi connectivity index (χ1) is 13.0. The van der Waals surface area contributed by atoms with Crippen molar-refractivity contribution < 1.29 is 4.79 Å². The van der Waals surface area contributed by atoms with E-state index in [1.165, 1.54) is 0 Å². The minimum absolute atomic E-state index is 0.00241. The highest BCUT2D eigenvalue weighted by molar-refractivity contribution is 5.94. The van der Waals surface area contributed by atoms with Gasteiger partial charge in [0.1, 0.15) is 11.5 Å². The van der Waals surface area contributed by atoms with Crippen LogP contribution in [0.2, 0.25) is 0 Å². The molecule has 0 aliphatic carbocycles. The van der Waals surface area contributed by atoms with Crippen molar-refractivity contribution in [1.82, 2.24) is 34.2 Å². The van der Waals surface area contributed by atoms with Crippen LogP contribution in [0.5, 0.6) is 0 Å². The average molecular weight is 365 g/mol. The Balaban J connectivity index is 1.71. The molecule has 3 aromatic heterocycles. The minimum atomic E-state index is -0.0628. The second kappa shape index (κ2) is 6.94. The van der Waals surface area contributed by atoms with Crippen LogP contribution in [-0.4, -0.2) is 46.7 Å². The van der Waals surface area contributed by atoms with E-state index in [2.05, 4.69) is 20.1 Å². The summed E-state index contributed by atoms with van der Waals surface area (Å²) in [5, 5.41) is 4.13. The molecule has 1 aliphatic heterocycles. The zero-order valence-electron chi connectivity index (χ0n) is 15.8. The number of piperidine rings is 1. The molecule has 1 aliphatic rings. The first-order valence-electron chi connectivity index (χ1n) is 9.16. The van der Waals surface area contributed by atoms with Gasteiger partial charge in [0.2, 0.25) is 0 Å². The lowest BCUT2D eigenvalue weighted by Gasteiger charge is -2.35. The quantitative estimate of drug-likeness (QED) is 0.711.